The summed E-state index contributed by atoms with van der Waals surface area (Å²) in [6, 6.07) is 0.234. The molecule has 9 nitrogen and oxygen atoms in total. The molecule has 1 aromatic rings. The predicted molar refractivity (Wildman–Crippen MR) is 73.3 cm³/mol. The van der Waals surface area contributed by atoms with Crippen LogP contribution in [0.2, 0.25) is 0 Å². The number of fused-ring (bicyclic) bond motifs is 1. The highest BCUT2D eigenvalue weighted by Gasteiger charge is 2.37. The first-order chi connectivity index (χ1) is 10.5. The minimum atomic E-state index is -1.50. The van der Waals surface area contributed by atoms with Gasteiger partial charge < -0.3 is 19.6 Å². The molecule has 122 valence electrons. The van der Waals surface area contributed by atoms with Gasteiger partial charge in [-0.05, 0) is 19.3 Å². The second kappa shape index (κ2) is 7.21. The van der Waals surface area contributed by atoms with Gasteiger partial charge in [0.25, 0.3) is 5.09 Å². The second-order valence-electron chi connectivity index (χ2n) is 5.44. The lowest BCUT2D eigenvalue weighted by molar-refractivity contribution is -0.742. The van der Waals surface area contributed by atoms with Crippen molar-refractivity contribution in [3.05, 3.63) is 28.3 Å². The summed E-state index contributed by atoms with van der Waals surface area (Å²) in [6.45, 7) is 0.725. The number of aromatic carboxylic acids is 1. The van der Waals surface area contributed by atoms with Crippen LogP contribution < -0.4 is 0 Å². The molecule has 9 heteroatoms. The zero-order chi connectivity index (χ0) is 16.1. The van der Waals surface area contributed by atoms with Crippen molar-refractivity contribution in [1.29, 1.82) is 0 Å². The van der Waals surface area contributed by atoms with Gasteiger partial charge in [-0.1, -0.05) is 12.8 Å². The van der Waals surface area contributed by atoms with Crippen molar-refractivity contribution in [3.8, 4) is 0 Å². The fraction of sp³-hybridized carbons (Fsp3) is 0.692. The Hall–Kier alpha value is -2.16. The molecule has 1 aromatic heterocycles. The Morgan fingerprint density at radius 2 is 2.09 bits per heavy atom. The molecule has 0 spiro atoms. The van der Waals surface area contributed by atoms with E-state index >= 15 is 0 Å². The summed E-state index contributed by atoms with van der Waals surface area (Å²) in [5.74, 6) is -0.453. The van der Waals surface area contributed by atoms with Gasteiger partial charge in [0.05, 0.1) is 18.6 Å². The third kappa shape index (κ3) is 3.73. The molecule has 0 radical (unpaired) electrons. The van der Waals surface area contributed by atoms with Crippen molar-refractivity contribution in [3.63, 3.8) is 0 Å². The van der Waals surface area contributed by atoms with E-state index in [1.54, 1.807) is 6.33 Å². The van der Waals surface area contributed by atoms with Crippen molar-refractivity contribution >= 4 is 5.97 Å². The van der Waals surface area contributed by atoms with Gasteiger partial charge in [0.2, 0.25) is 0 Å². The molecule has 3 rings (SSSR count). The van der Waals surface area contributed by atoms with Gasteiger partial charge in [-0.3, -0.25) is 0 Å². The monoisotopic (exact) mass is 313 g/mol. The van der Waals surface area contributed by atoms with E-state index in [9.17, 15) is 9.90 Å². The lowest BCUT2D eigenvalue weighted by Gasteiger charge is -2.41. The van der Waals surface area contributed by atoms with Crippen LogP contribution in [-0.4, -0.2) is 43.6 Å². The first-order valence-electron chi connectivity index (χ1n) is 7.20. The van der Waals surface area contributed by atoms with Crippen LogP contribution in [0.3, 0.4) is 0 Å². The molecule has 1 aliphatic carbocycles. The Morgan fingerprint density at radius 1 is 1.41 bits per heavy atom. The number of rotatable bonds is 2. The topological polar surface area (TPSA) is 128 Å². The van der Waals surface area contributed by atoms with Gasteiger partial charge in [0, 0.05) is 18.6 Å². The van der Waals surface area contributed by atoms with E-state index < -0.39 is 11.1 Å². The maximum atomic E-state index is 11.2. The molecule has 2 heterocycles. The van der Waals surface area contributed by atoms with Crippen molar-refractivity contribution in [1.82, 2.24) is 9.55 Å². The molecular formula is C13H19N3O6. The highest BCUT2D eigenvalue weighted by atomic mass is 16.9. The summed E-state index contributed by atoms with van der Waals surface area (Å²) in [5, 5.41) is 22.8. The quantitative estimate of drug-likeness (QED) is 0.628. The van der Waals surface area contributed by atoms with Crippen molar-refractivity contribution in [2.24, 2.45) is 5.92 Å². The normalized spacial score (nSPS) is 27.2. The van der Waals surface area contributed by atoms with Crippen LogP contribution in [0.15, 0.2) is 12.5 Å². The highest BCUT2D eigenvalue weighted by Crippen LogP contribution is 2.40. The van der Waals surface area contributed by atoms with Crippen LogP contribution in [0, 0.1) is 16.0 Å². The van der Waals surface area contributed by atoms with E-state index in [1.165, 1.54) is 19.0 Å². The summed E-state index contributed by atoms with van der Waals surface area (Å²) in [5.41, 5.74) is 0.297. The summed E-state index contributed by atoms with van der Waals surface area (Å²) in [4.78, 5) is 23.6. The molecule has 1 saturated heterocycles. The molecule has 0 bridgehead atoms. The number of carboxylic acids is 1. The van der Waals surface area contributed by atoms with Crippen molar-refractivity contribution in [2.45, 2.75) is 44.2 Å². The standard InChI is InChI=1S/C13H18N2O3.HNO3/c16-13(17)11-7-14-8-15(11)10-5-6-18-12-4-2-1-3-9(10)12;2-1(3)4/h7-10,12H,1-6H2,(H,16,17);(H,2,3,4)/t9-,10-,12+;/m0./s1. The largest absolute Gasteiger partial charge is 0.477 e. The van der Waals surface area contributed by atoms with E-state index in [0.717, 1.165) is 25.9 Å². The number of hydrogen-bond acceptors (Lipinski definition) is 5. The summed E-state index contributed by atoms with van der Waals surface area (Å²) < 4.78 is 7.67. The van der Waals surface area contributed by atoms with Crippen molar-refractivity contribution in [2.75, 3.05) is 6.61 Å². The molecule has 2 fully saturated rings. The molecule has 1 saturated carbocycles. The third-order valence-corrected chi connectivity index (χ3v) is 4.24. The van der Waals surface area contributed by atoms with Gasteiger partial charge in [-0.25, -0.2) is 9.78 Å². The SMILES string of the molecule is O=C(O)c1cncn1[C@H]1CCO[C@@H]2CCCC[C@H]21.O=[N+]([O-])O. The van der Waals surface area contributed by atoms with Crippen LogP contribution in [0.25, 0.3) is 0 Å². The summed E-state index contributed by atoms with van der Waals surface area (Å²) in [7, 11) is 0. The number of ether oxygens (including phenoxy) is 1. The van der Waals surface area contributed by atoms with Gasteiger partial charge >= 0.3 is 5.97 Å². The zero-order valence-corrected chi connectivity index (χ0v) is 12.0. The molecule has 2 N–H and O–H groups in total. The van der Waals surface area contributed by atoms with Crippen LogP contribution in [0.4, 0.5) is 0 Å². The Labute approximate surface area is 126 Å². The van der Waals surface area contributed by atoms with E-state index in [-0.39, 0.29) is 6.04 Å². The van der Waals surface area contributed by atoms with Crippen LogP contribution >= 0.6 is 0 Å². The maximum Gasteiger partial charge on any atom is 0.354 e. The second-order valence-corrected chi connectivity index (χ2v) is 5.44. The number of nitrogens with zero attached hydrogens (tertiary/aromatic N) is 3. The molecule has 2 aliphatic rings. The Morgan fingerprint density at radius 3 is 2.77 bits per heavy atom. The number of imidazole rings is 1. The molecule has 1 aliphatic heterocycles. The average molecular weight is 313 g/mol. The van der Waals surface area contributed by atoms with Gasteiger partial charge in [0.15, 0.2) is 0 Å². The predicted octanol–water partition coefficient (Wildman–Crippen LogP) is 1.75. The summed E-state index contributed by atoms with van der Waals surface area (Å²) in [6.07, 6.45) is 8.98. The smallest absolute Gasteiger partial charge is 0.354 e. The average Bonchev–Trinajstić information content (AvgIpc) is 2.95. The first kappa shape index (κ1) is 16.2. The van der Waals surface area contributed by atoms with Crippen LogP contribution in [-0.2, 0) is 4.74 Å². The highest BCUT2D eigenvalue weighted by molar-refractivity contribution is 5.85. The number of aromatic nitrogens is 2. The van der Waals surface area contributed by atoms with E-state index in [1.807, 2.05) is 4.57 Å². The van der Waals surface area contributed by atoms with Gasteiger partial charge in [-0.2, -0.15) is 0 Å². The number of carboxylic acid groups (broad SMARTS) is 1. The Balaban J connectivity index is 0.000000396. The minimum Gasteiger partial charge on any atom is -0.477 e. The zero-order valence-electron chi connectivity index (χ0n) is 12.0. The molecule has 0 unspecified atom stereocenters. The maximum absolute atomic E-state index is 11.2. The first-order valence-corrected chi connectivity index (χ1v) is 7.20. The lowest BCUT2D eigenvalue weighted by atomic mass is 9.78. The molecule has 0 aromatic carbocycles. The molecular weight excluding hydrogens is 294 g/mol. The Kier molecular flexibility index (Phi) is 5.31. The molecule has 3 atom stereocenters. The lowest BCUT2D eigenvalue weighted by Crippen LogP contribution is -2.40. The van der Waals surface area contributed by atoms with Crippen molar-refractivity contribution < 1.29 is 24.9 Å². The fourth-order valence-electron chi connectivity index (χ4n) is 3.41. The molecule has 22 heavy (non-hydrogen) atoms. The van der Waals surface area contributed by atoms with E-state index in [4.69, 9.17) is 20.1 Å². The van der Waals surface area contributed by atoms with E-state index in [0.29, 0.717) is 17.7 Å². The third-order valence-electron chi connectivity index (χ3n) is 4.24. The fourth-order valence-corrected chi connectivity index (χ4v) is 3.41. The summed E-state index contributed by atoms with van der Waals surface area (Å²) >= 11 is 0. The van der Waals surface area contributed by atoms with Gasteiger partial charge in [0.1, 0.15) is 5.69 Å². The van der Waals surface area contributed by atoms with Crippen LogP contribution in [0.5, 0.6) is 0 Å². The Bertz CT molecular complexity index is 526. The van der Waals surface area contributed by atoms with Gasteiger partial charge in [-0.15, -0.1) is 10.1 Å². The number of hydrogen-bond donors (Lipinski definition) is 2. The molecule has 0 amide bonds. The number of carbonyl (C=O) groups is 1. The van der Waals surface area contributed by atoms with Crippen LogP contribution in [0.1, 0.15) is 48.6 Å². The minimum absolute atomic E-state index is 0.234. The van der Waals surface area contributed by atoms with E-state index in [2.05, 4.69) is 4.98 Å².